The zero-order valence-electron chi connectivity index (χ0n) is 10.3. The van der Waals surface area contributed by atoms with Gasteiger partial charge >= 0.3 is 11.8 Å². The van der Waals surface area contributed by atoms with Crippen molar-refractivity contribution < 1.29 is 18.7 Å². The van der Waals surface area contributed by atoms with Crippen molar-refractivity contribution >= 4 is 17.5 Å². The number of rotatable bonds is 5. The van der Waals surface area contributed by atoms with Crippen LogP contribution in [0.5, 0.6) is 0 Å². The summed E-state index contributed by atoms with van der Waals surface area (Å²) >= 11 is 5.88. The number of carbonyl (C=O) groups is 1. The first kappa shape index (κ1) is 14.4. The van der Waals surface area contributed by atoms with E-state index in [-0.39, 0.29) is 41.9 Å². The molecule has 0 atom stereocenters. The fourth-order valence-electron chi connectivity index (χ4n) is 1.51. The third-order valence-corrected chi connectivity index (χ3v) is 2.80. The van der Waals surface area contributed by atoms with E-state index in [0.717, 1.165) is 0 Å². The molecule has 1 aromatic carbocycles. The Morgan fingerprint density at radius 3 is 2.95 bits per heavy atom. The van der Waals surface area contributed by atoms with Crippen LogP contribution in [-0.2, 0) is 6.42 Å². The largest absolute Gasteiger partial charge is 0.417 e. The van der Waals surface area contributed by atoms with E-state index in [4.69, 9.17) is 21.1 Å². The van der Waals surface area contributed by atoms with Crippen LogP contribution in [0.3, 0.4) is 0 Å². The Hall–Kier alpha value is -1.99. The SMILES string of the molecule is O=C(NCCO)c1nnc(Cc2c(F)cccc2Cl)o1. The van der Waals surface area contributed by atoms with Gasteiger partial charge in [0.2, 0.25) is 5.89 Å². The van der Waals surface area contributed by atoms with Gasteiger partial charge in [0.1, 0.15) is 5.82 Å². The van der Waals surface area contributed by atoms with Crippen LogP contribution in [0.25, 0.3) is 0 Å². The average Bonchev–Trinajstić information content (AvgIpc) is 2.89. The predicted molar refractivity (Wildman–Crippen MR) is 67.9 cm³/mol. The first-order chi connectivity index (χ1) is 9.61. The summed E-state index contributed by atoms with van der Waals surface area (Å²) in [4.78, 5) is 11.5. The highest BCUT2D eigenvalue weighted by atomic mass is 35.5. The van der Waals surface area contributed by atoms with Crippen LogP contribution in [-0.4, -0.2) is 34.4 Å². The summed E-state index contributed by atoms with van der Waals surface area (Å²) in [6.45, 7) is -0.118. The van der Waals surface area contributed by atoms with Gasteiger partial charge in [0.15, 0.2) is 0 Å². The topological polar surface area (TPSA) is 88.2 Å². The number of carbonyl (C=O) groups excluding carboxylic acids is 1. The van der Waals surface area contributed by atoms with Gasteiger partial charge in [-0.1, -0.05) is 17.7 Å². The second-order valence-electron chi connectivity index (χ2n) is 3.86. The normalized spacial score (nSPS) is 10.6. The van der Waals surface area contributed by atoms with E-state index in [2.05, 4.69) is 15.5 Å². The third-order valence-electron chi connectivity index (χ3n) is 2.45. The van der Waals surface area contributed by atoms with Crippen molar-refractivity contribution in [2.75, 3.05) is 13.2 Å². The van der Waals surface area contributed by atoms with Gasteiger partial charge in [-0.05, 0) is 12.1 Å². The molecule has 2 aromatic rings. The Morgan fingerprint density at radius 2 is 2.25 bits per heavy atom. The van der Waals surface area contributed by atoms with Gasteiger partial charge in [0.05, 0.1) is 13.0 Å². The minimum atomic E-state index is -0.600. The zero-order chi connectivity index (χ0) is 14.5. The maximum atomic E-state index is 13.6. The van der Waals surface area contributed by atoms with Crippen LogP contribution in [0.4, 0.5) is 4.39 Å². The van der Waals surface area contributed by atoms with E-state index in [1.807, 2.05) is 0 Å². The van der Waals surface area contributed by atoms with Gasteiger partial charge < -0.3 is 14.8 Å². The molecule has 0 saturated carbocycles. The van der Waals surface area contributed by atoms with Crippen LogP contribution < -0.4 is 5.32 Å². The number of benzene rings is 1. The summed E-state index contributed by atoms with van der Waals surface area (Å²) in [5.41, 5.74) is 0.222. The van der Waals surface area contributed by atoms with Crippen molar-refractivity contribution in [1.82, 2.24) is 15.5 Å². The molecule has 0 radical (unpaired) electrons. The Bertz CT molecular complexity index is 597. The van der Waals surface area contributed by atoms with Crippen LogP contribution in [0, 0.1) is 5.82 Å². The highest BCUT2D eigenvalue weighted by Gasteiger charge is 2.16. The summed E-state index contributed by atoms with van der Waals surface area (Å²) in [6, 6.07) is 4.31. The summed E-state index contributed by atoms with van der Waals surface area (Å²) < 4.78 is 18.7. The molecule has 0 unspecified atom stereocenters. The smallest absolute Gasteiger partial charge is 0.308 e. The molecule has 0 fully saturated rings. The van der Waals surface area contributed by atoms with E-state index < -0.39 is 11.7 Å². The number of nitrogens with one attached hydrogen (secondary N) is 1. The number of halogens is 2. The standard InChI is InChI=1S/C12H11ClFN3O3/c13-8-2-1-3-9(14)7(8)6-10-16-17-12(20-10)11(19)15-4-5-18/h1-3,18H,4-6H2,(H,15,19). The molecule has 0 aliphatic heterocycles. The maximum absolute atomic E-state index is 13.6. The van der Waals surface area contributed by atoms with Gasteiger partial charge in [-0.3, -0.25) is 4.79 Å². The highest BCUT2D eigenvalue weighted by molar-refractivity contribution is 6.31. The first-order valence-corrected chi connectivity index (χ1v) is 6.14. The Morgan fingerprint density at radius 1 is 1.45 bits per heavy atom. The Labute approximate surface area is 118 Å². The molecule has 0 saturated heterocycles. The van der Waals surface area contributed by atoms with Crippen molar-refractivity contribution in [2.45, 2.75) is 6.42 Å². The molecular formula is C12H11ClFN3O3. The number of aliphatic hydroxyl groups is 1. The van der Waals surface area contributed by atoms with Crippen molar-refractivity contribution in [1.29, 1.82) is 0 Å². The van der Waals surface area contributed by atoms with Crippen molar-refractivity contribution in [3.63, 3.8) is 0 Å². The third kappa shape index (κ3) is 3.31. The van der Waals surface area contributed by atoms with Crippen LogP contribution in [0.2, 0.25) is 5.02 Å². The fourth-order valence-corrected chi connectivity index (χ4v) is 1.74. The lowest BCUT2D eigenvalue weighted by molar-refractivity contribution is 0.0908. The van der Waals surface area contributed by atoms with Crippen LogP contribution in [0.15, 0.2) is 22.6 Å². The number of aliphatic hydroxyl groups excluding tert-OH is 1. The monoisotopic (exact) mass is 299 g/mol. The van der Waals surface area contributed by atoms with Gasteiger partial charge in [0, 0.05) is 17.1 Å². The lowest BCUT2D eigenvalue weighted by atomic mass is 10.1. The van der Waals surface area contributed by atoms with E-state index >= 15 is 0 Å². The molecule has 1 amide bonds. The minimum absolute atomic E-state index is 0.00815. The molecule has 0 bridgehead atoms. The molecular weight excluding hydrogens is 289 g/mol. The van der Waals surface area contributed by atoms with E-state index in [9.17, 15) is 9.18 Å². The quantitative estimate of drug-likeness (QED) is 0.865. The summed E-state index contributed by atoms with van der Waals surface area (Å²) in [6.07, 6.45) is -0.00815. The van der Waals surface area contributed by atoms with Crippen LogP contribution in [0.1, 0.15) is 22.1 Å². The number of nitrogens with zero attached hydrogens (tertiary/aromatic N) is 2. The molecule has 8 heteroatoms. The lowest BCUT2D eigenvalue weighted by Gasteiger charge is -2.02. The van der Waals surface area contributed by atoms with Gasteiger partial charge in [-0.15, -0.1) is 10.2 Å². The van der Waals surface area contributed by atoms with Gasteiger partial charge in [0.25, 0.3) is 0 Å². The minimum Gasteiger partial charge on any atom is -0.417 e. The number of amides is 1. The van der Waals surface area contributed by atoms with E-state index in [1.165, 1.54) is 12.1 Å². The van der Waals surface area contributed by atoms with Crippen molar-refractivity contribution in [3.8, 4) is 0 Å². The zero-order valence-corrected chi connectivity index (χ0v) is 11.0. The molecule has 0 spiro atoms. The average molecular weight is 300 g/mol. The van der Waals surface area contributed by atoms with E-state index in [0.29, 0.717) is 0 Å². The predicted octanol–water partition coefficient (Wildman–Crippen LogP) is 1.17. The Kier molecular flexibility index (Phi) is 4.65. The van der Waals surface area contributed by atoms with Gasteiger partial charge in [-0.2, -0.15) is 0 Å². The van der Waals surface area contributed by atoms with Crippen molar-refractivity contribution in [3.05, 3.63) is 46.4 Å². The second kappa shape index (κ2) is 6.44. The van der Waals surface area contributed by atoms with Crippen LogP contribution >= 0.6 is 11.6 Å². The Balaban J connectivity index is 2.12. The molecule has 6 nitrogen and oxygen atoms in total. The number of hydrogen-bond donors (Lipinski definition) is 2. The molecule has 20 heavy (non-hydrogen) atoms. The molecule has 0 aliphatic carbocycles. The number of aromatic nitrogens is 2. The maximum Gasteiger partial charge on any atom is 0.308 e. The number of hydrogen-bond acceptors (Lipinski definition) is 5. The summed E-state index contributed by atoms with van der Waals surface area (Å²) in [5.74, 6) is -1.26. The fraction of sp³-hybridized carbons (Fsp3) is 0.250. The lowest BCUT2D eigenvalue weighted by Crippen LogP contribution is -2.26. The van der Waals surface area contributed by atoms with E-state index in [1.54, 1.807) is 6.07 Å². The molecule has 1 aromatic heterocycles. The summed E-state index contributed by atoms with van der Waals surface area (Å²) in [5, 5.41) is 18.4. The van der Waals surface area contributed by atoms with Crippen molar-refractivity contribution in [2.24, 2.45) is 0 Å². The first-order valence-electron chi connectivity index (χ1n) is 5.76. The molecule has 2 rings (SSSR count). The molecule has 1 heterocycles. The second-order valence-corrected chi connectivity index (χ2v) is 4.26. The molecule has 106 valence electrons. The molecule has 0 aliphatic rings. The van der Waals surface area contributed by atoms with Gasteiger partial charge in [-0.25, -0.2) is 4.39 Å². The summed E-state index contributed by atoms with van der Waals surface area (Å²) in [7, 11) is 0. The highest BCUT2D eigenvalue weighted by Crippen LogP contribution is 2.21. The molecule has 2 N–H and O–H groups in total.